The molecule has 0 aromatic heterocycles. The molecule has 5 heteroatoms. The first-order valence-electron chi connectivity index (χ1n) is 9.95. The first-order chi connectivity index (χ1) is 12.6. The Morgan fingerprint density at radius 3 is 2.85 bits per heavy atom. The van der Waals surface area contributed by atoms with Crippen molar-refractivity contribution in [3.8, 4) is 5.75 Å². The number of carbonyl (C=O) groups is 1. The van der Waals surface area contributed by atoms with E-state index in [9.17, 15) is 4.79 Å². The average molecular weight is 354 g/mol. The van der Waals surface area contributed by atoms with Crippen LogP contribution in [-0.4, -0.2) is 49.4 Å². The molecule has 1 amide bonds. The molecule has 3 heterocycles. The van der Waals surface area contributed by atoms with E-state index in [0.717, 1.165) is 30.8 Å². The highest BCUT2D eigenvalue weighted by atomic mass is 16.5. The van der Waals surface area contributed by atoms with E-state index in [1.807, 2.05) is 11.0 Å². The van der Waals surface area contributed by atoms with Crippen LogP contribution >= 0.6 is 0 Å². The molecule has 1 aromatic carbocycles. The molecule has 2 saturated carbocycles. The van der Waals surface area contributed by atoms with Crippen molar-refractivity contribution in [2.75, 3.05) is 32.2 Å². The maximum absolute atomic E-state index is 12.9. The van der Waals surface area contributed by atoms with Gasteiger partial charge in [0.2, 0.25) is 0 Å². The van der Waals surface area contributed by atoms with Gasteiger partial charge in [-0.2, -0.15) is 0 Å². The summed E-state index contributed by atoms with van der Waals surface area (Å²) < 4.78 is 10.8. The molecular weight excluding hydrogens is 328 g/mol. The smallest absolute Gasteiger partial charge is 0.414 e. The zero-order valence-electron chi connectivity index (χ0n) is 15.6. The number of ether oxygens (including phenoxy) is 2. The van der Waals surface area contributed by atoms with E-state index >= 15 is 0 Å². The number of carbonyl (C=O) groups excluding carboxylic acids is 1. The molecule has 3 spiro atoms. The molecule has 138 valence electrons. The first-order valence-corrected chi connectivity index (χ1v) is 9.95. The summed E-state index contributed by atoms with van der Waals surface area (Å²) in [6, 6.07) is 6.23. The predicted molar refractivity (Wildman–Crippen MR) is 97.8 cm³/mol. The zero-order chi connectivity index (χ0) is 17.7. The van der Waals surface area contributed by atoms with Crippen LogP contribution in [0.5, 0.6) is 5.75 Å². The summed E-state index contributed by atoms with van der Waals surface area (Å²) in [5.74, 6) is 1.45. The third-order valence-corrected chi connectivity index (χ3v) is 8.61. The zero-order valence-corrected chi connectivity index (χ0v) is 15.6. The van der Waals surface area contributed by atoms with E-state index in [0.29, 0.717) is 11.5 Å². The maximum atomic E-state index is 12.9. The van der Waals surface area contributed by atoms with Gasteiger partial charge in [-0.1, -0.05) is 0 Å². The van der Waals surface area contributed by atoms with Gasteiger partial charge < -0.3 is 9.47 Å². The molecule has 3 aliphatic heterocycles. The lowest BCUT2D eigenvalue weighted by atomic mass is 9.77. The van der Waals surface area contributed by atoms with Crippen LogP contribution in [0.2, 0.25) is 0 Å². The van der Waals surface area contributed by atoms with Crippen molar-refractivity contribution in [1.82, 2.24) is 4.90 Å². The number of amides is 1. The van der Waals surface area contributed by atoms with Gasteiger partial charge in [0.1, 0.15) is 5.75 Å². The molecule has 2 aliphatic carbocycles. The Bertz CT molecular complexity index is 825. The molecule has 4 fully saturated rings. The highest BCUT2D eigenvalue weighted by Gasteiger charge is 2.86. The lowest BCUT2D eigenvalue weighted by Crippen LogP contribution is -2.54. The van der Waals surface area contributed by atoms with Crippen LogP contribution in [-0.2, 0) is 10.2 Å². The van der Waals surface area contributed by atoms with Crippen LogP contribution in [0.4, 0.5) is 10.5 Å². The first kappa shape index (κ1) is 15.3. The maximum Gasteiger partial charge on any atom is 0.414 e. The third-order valence-electron chi connectivity index (χ3n) is 8.61. The van der Waals surface area contributed by atoms with Crippen LogP contribution in [0.25, 0.3) is 0 Å². The number of rotatable bonds is 1. The summed E-state index contributed by atoms with van der Waals surface area (Å²) in [7, 11) is 3.23. The van der Waals surface area contributed by atoms with Crippen molar-refractivity contribution in [3.05, 3.63) is 23.8 Å². The highest BCUT2D eigenvalue weighted by Crippen LogP contribution is 2.81. The molecule has 2 saturated heterocycles. The van der Waals surface area contributed by atoms with Gasteiger partial charge in [0.25, 0.3) is 0 Å². The number of nitrogens with zero attached hydrogens (tertiary/aromatic N) is 2. The van der Waals surface area contributed by atoms with Crippen LogP contribution in [0.3, 0.4) is 0 Å². The Hall–Kier alpha value is -1.75. The number of methoxy groups -OCH3 is 2. The van der Waals surface area contributed by atoms with Gasteiger partial charge in [-0.05, 0) is 81.3 Å². The summed E-state index contributed by atoms with van der Waals surface area (Å²) in [6.45, 7) is 2.41. The van der Waals surface area contributed by atoms with Crippen molar-refractivity contribution in [1.29, 1.82) is 0 Å². The lowest BCUT2D eigenvalue weighted by molar-refractivity contribution is 0.0807. The van der Waals surface area contributed by atoms with Crippen LogP contribution < -0.4 is 9.64 Å². The number of hydrogen-bond donors (Lipinski definition) is 0. The second-order valence-electron chi connectivity index (χ2n) is 8.91. The van der Waals surface area contributed by atoms with Crippen LogP contribution in [0, 0.1) is 5.92 Å². The van der Waals surface area contributed by atoms with E-state index in [-0.39, 0.29) is 17.0 Å². The summed E-state index contributed by atoms with van der Waals surface area (Å²) in [5, 5.41) is 0. The molecule has 4 atom stereocenters. The van der Waals surface area contributed by atoms with Crippen molar-refractivity contribution in [3.63, 3.8) is 0 Å². The third kappa shape index (κ3) is 1.38. The van der Waals surface area contributed by atoms with Gasteiger partial charge in [-0.25, -0.2) is 4.79 Å². The van der Waals surface area contributed by atoms with Gasteiger partial charge in [0, 0.05) is 11.0 Å². The molecule has 0 unspecified atom stereocenters. The van der Waals surface area contributed by atoms with E-state index < -0.39 is 0 Å². The van der Waals surface area contributed by atoms with Crippen LogP contribution in [0.1, 0.15) is 44.1 Å². The molecular formula is C21H26N2O3. The molecule has 2 bridgehead atoms. The van der Waals surface area contributed by atoms with Crippen molar-refractivity contribution in [2.24, 2.45) is 5.92 Å². The average Bonchev–Trinajstić information content (AvgIpc) is 2.97. The summed E-state index contributed by atoms with van der Waals surface area (Å²) in [6.07, 6.45) is 7.16. The highest BCUT2D eigenvalue weighted by molar-refractivity contribution is 5.97. The standard InChI is InChI=1S/C21H26N2O3/c1-25-14-4-5-16-15(12-14)20-9-11-22-10-3-6-19(22)7-8-21(20,17(20)13-19)23(16)18(24)26-2/h4-5,12,17H,3,6-11,13H2,1-2H3/t17-,19-,20+,21-/m1/s1. The topological polar surface area (TPSA) is 42.0 Å². The van der Waals surface area contributed by atoms with Crippen molar-refractivity contribution in [2.45, 2.75) is 55.0 Å². The Balaban J connectivity index is 1.55. The van der Waals surface area contributed by atoms with Crippen molar-refractivity contribution >= 4 is 11.8 Å². The molecule has 0 radical (unpaired) electrons. The number of fused-ring (bicyclic) bond motifs is 1. The summed E-state index contributed by atoms with van der Waals surface area (Å²) >= 11 is 0. The summed E-state index contributed by atoms with van der Waals surface area (Å²) in [5.41, 5.74) is 2.80. The van der Waals surface area contributed by atoms with Gasteiger partial charge in [-0.15, -0.1) is 0 Å². The van der Waals surface area contributed by atoms with Crippen LogP contribution in [0.15, 0.2) is 18.2 Å². The second kappa shape index (κ2) is 4.56. The minimum atomic E-state index is -0.194. The predicted octanol–water partition coefficient (Wildman–Crippen LogP) is 3.31. The van der Waals surface area contributed by atoms with Crippen molar-refractivity contribution < 1.29 is 14.3 Å². The monoisotopic (exact) mass is 354 g/mol. The normalized spacial score (nSPS) is 41.8. The Kier molecular flexibility index (Phi) is 2.69. The fraction of sp³-hybridized carbons (Fsp3) is 0.667. The minimum Gasteiger partial charge on any atom is -0.497 e. The summed E-state index contributed by atoms with van der Waals surface area (Å²) in [4.78, 5) is 17.7. The van der Waals surface area contributed by atoms with E-state index in [2.05, 4.69) is 17.0 Å². The van der Waals surface area contributed by atoms with Gasteiger partial charge in [-0.3, -0.25) is 9.80 Å². The second-order valence-corrected chi connectivity index (χ2v) is 8.91. The lowest BCUT2D eigenvalue weighted by Gasteiger charge is -2.46. The quantitative estimate of drug-likeness (QED) is 0.776. The fourth-order valence-electron chi connectivity index (χ4n) is 7.66. The minimum absolute atomic E-state index is 0.0608. The Morgan fingerprint density at radius 1 is 1.15 bits per heavy atom. The number of anilines is 1. The Morgan fingerprint density at radius 2 is 2.04 bits per heavy atom. The van der Waals surface area contributed by atoms with E-state index in [1.165, 1.54) is 44.9 Å². The molecule has 5 nitrogen and oxygen atoms in total. The Labute approximate surface area is 154 Å². The largest absolute Gasteiger partial charge is 0.497 e. The number of hydrogen-bond acceptors (Lipinski definition) is 4. The molecule has 0 N–H and O–H groups in total. The fourth-order valence-corrected chi connectivity index (χ4v) is 7.66. The molecule has 6 rings (SSSR count). The molecule has 5 aliphatic rings. The number of benzene rings is 1. The molecule has 26 heavy (non-hydrogen) atoms. The van der Waals surface area contributed by atoms with E-state index in [1.54, 1.807) is 7.11 Å². The molecule has 1 aromatic rings. The van der Waals surface area contributed by atoms with Gasteiger partial charge in [0.15, 0.2) is 0 Å². The van der Waals surface area contributed by atoms with Gasteiger partial charge in [0.05, 0.1) is 25.4 Å². The SMILES string of the molecule is COC(=O)N1c2ccc(OC)cc2[C@]23CCN4CCC[C@]45CC[C@]12[C@@H]3C5. The van der Waals surface area contributed by atoms with E-state index in [4.69, 9.17) is 9.47 Å². The van der Waals surface area contributed by atoms with Gasteiger partial charge >= 0.3 is 6.09 Å².